The molecule has 2 aromatic carbocycles. The zero-order valence-corrected chi connectivity index (χ0v) is 17.9. The Balaban J connectivity index is 2.20. The van der Waals surface area contributed by atoms with E-state index in [1.807, 2.05) is 0 Å². The monoisotopic (exact) mass is 466 g/mol. The standard InChI is InChI=1S/C20H17ClF2N4O5/c1-10(28)24-15-8-12(5-6-13(15)21)27-20(30)26(19(29)18(25-27)32-3)9-11-4-7-14(22)16(23)17(11)31-2/h4-8H,9H2,1-3H3,(H,24,28). The van der Waals surface area contributed by atoms with Crippen molar-refractivity contribution in [3.05, 3.63) is 73.4 Å². The lowest BCUT2D eigenvalue weighted by atomic mass is 10.2. The molecule has 0 aliphatic heterocycles. The van der Waals surface area contributed by atoms with Crippen molar-refractivity contribution in [2.24, 2.45) is 0 Å². The van der Waals surface area contributed by atoms with Crippen molar-refractivity contribution in [3.8, 4) is 17.3 Å². The lowest BCUT2D eigenvalue weighted by Crippen LogP contribution is -2.41. The molecule has 1 amide bonds. The maximum atomic E-state index is 14.1. The highest BCUT2D eigenvalue weighted by Gasteiger charge is 2.20. The average molecular weight is 467 g/mol. The Morgan fingerprint density at radius 2 is 1.88 bits per heavy atom. The Morgan fingerprint density at radius 1 is 1.16 bits per heavy atom. The molecule has 0 atom stereocenters. The van der Waals surface area contributed by atoms with Gasteiger partial charge in [0.25, 0.3) is 5.88 Å². The van der Waals surface area contributed by atoms with Crippen molar-refractivity contribution < 1.29 is 23.0 Å². The number of ether oxygens (including phenoxy) is 2. The molecular weight excluding hydrogens is 450 g/mol. The highest BCUT2D eigenvalue weighted by molar-refractivity contribution is 6.33. The van der Waals surface area contributed by atoms with Gasteiger partial charge in [-0.25, -0.2) is 13.8 Å². The van der Waals surface area contributed by atoms with Gasteiger partial charge in [0.05, 0.1) is 37.2 Å². The molecule has 0 spiro atoms. The second kappa shape index (κ2) is 9.18. The first-order valence-electron chi connectivity index (χ1n) is 9.04. The first kappa shape index (κ1) is 22.9. The van der Waals surface area contributed by atoms with Crippen molar-refractivity contribution in [1.29, 1.82) is 0 Å². The molecule has 0 unspecified atom stereocenters. The molecule has 32 heavy (non-hydrogen) atoms. The number of aromatic nitrogens is 3. The Morgan fingerprint density at radius 3 is 2.50 bits per heavy atom. The second-order valence-electron chi connectivity index (χ2n) is 6.49. The molecule has 0 fully saturated rings. The number of carbonyl (C=O) groups is 1. The van der Waals surface area contributed by atoms with Gasteiger partial charge in [-0.1, -0.05) is 17.7 Å². The van der Waals surface area contributed by atoms with Crippen molar-refractivity contribution >= 4 is 23.2 Å². The van der Waals surface area contributed by atoms with Gasteiger partial charge in [0, 0.05) is 12.5 Å². The maximum Gasteiger partial charge on any atom is 0.352 e. The normalized spacial score (nSPS) is 10.7. The van der Waals surface area contributed by atoms with Crippen LogP contribution in [0, 0.1) is 11.6 Å². The molecule has 3 aromatic rings. The van der Waals surface area contributed by atoms with Gasteiger partial charge < -0.3 is 14.8 Å². The fraction of sp³-hybridized carbons (Fsp3) is 0.200. The zero-order valence-electron chi connectivity index (χ0n) is 17.1. The number of nitrogens with zero attached hydrogens (tertiary/aromatic N) is 3. The van der Waals surface area contributed by atoms with Crippen molar-refractivity contribution in [2.45, 2.75) is 13.5 Å². The van der Waals surface area contributed by atoms with Crippen LogP contribution in [-0.4, -0.2) is 34.5 Å². The number of methoxy groups -OCH3 is 2. The highest BCUT2D eigenvalue weighted by Crippen LogP contribution is 2.26. The van der Waals surface area contributed by atoms with Crippen LogP contribution < -0.4 is 26.0 Å². The van der Waals surface area contributed by atoms with Crippen molar-refractivity contribution in [2.75, 3.05) is 19.5 Å². The van der Waals surface area contributed by atoms with E-state index in [9.17, 15) is 23.2 Å². The molecule has 0 bridgehead atoms. The van der Waals surface area contributed by atoms with Crippen LogP contribution in [0.25, 0.3) is 5.69 Å². The minimum atomic E-state index is -1.25. The van der Waals surface area contributed by atoms with Crippen LogP contribution in [0.15, 0.2) is 39.9 Å². The number of amides is 1. The Hall–Kier alpha value is -3.73. The van der Waals surface area contributed by atoms with Gasteiger partial charge in [-0.3, -0.25) is 9.59 Å². The minimum Gasteiger partial charge on any atom is -0.493 e. The van der Waals surface area contributed by atoms with Crippen LogP contribution >= 0.6 is 11.6 Å². The smallest absolute Gasteiger partial charge is 0.352 e. The topological polar surface area (TPSA) is 104 Å². The van der Waals surface area contributed by atoms with E-state index in [0.717, 1.165) is 22.4 Å². The number of rotatable bonds is 6. The number of hydrogen-bond donors (Lipinski definition) is 1. The number of benzene rings is 2. The predicted octanol–water partition coefficient (Wildman–Crippen LogP) is 2.35. The summed E-state index contributed by atoms with van der Waals surface area (Å²) in [6, 6.07) is 6.29. The molecule has 0 saturated carbocycles. The fourth-order valence-corrected chi connectivity index (χ4v) is 3.11. The van der Waals surface area contributed by atoms with Gasteiger partial charge in [-0.2, -0.15) is 9.07 Å². The number of halogens is 3. The molecule has 0 aliphatic rings. The van der Waals surface area contributed by atoms with Crippen molar-refractivity contribution in [1.82, 2.24) is 14.3 Å². The molecule has 0 saturated heterocycles. The summed E-state index contributed by atoms with van der Waals surface area (Å²) < 4.78 is 39.1. The van der Waals surface area contributed by atoms with E-state index >= 15 is 0 Å². The summed E-state index contributed by atoms with van der Waals surface area (Å²) in [5, 5.41) is 6.64. The van der Waals surface area contributed by atoms with Crippen LogP contribution in [0.4, 0.5) is 14.5 Å². The lowest BCUT2D eigenvalue weighted by Gasteiger charge is -2.14. The summed E-state index contributed by atoms with van der Waals surface area (Å²) in [5.74, 6) is -3.66. The van der Waals surface area contributed by atoms with Crippen LogP contribution in [0.1, 0.15) is 12.5 Å². The number of anilines is 1. The van der Waals surface area contributed by atoms with Gasteiger partial charge in [-0.05, 0) is 24.3 Å². The van der Waals surface area contributed by atoms with Gasteiger partial charge in [0.15, 0.2) is 11.6 Å². The van der Waals surface area contributed by atoms with Crippen LogP contribution in [0.5, 0.6) is 11.6 Å². The summed E-state index contributed by atoms with van der Waals surface area (Å²) in [5.41, 5.74) is -1.38. The van der Waals surface area contributed by atoms with E-state index in [1.54, 1.807) is 0 Å². The number of nitrogens with one attached hydrogen (secondary N) is 1. The maximum absolute atomic E-state index is 14.1. The number of hydrogen-bond acceptors (Lipinski definition) is 6. The summed E-state index contributed by atoms with van der Waals surface area (Å²) in [4.78, 5) is 37.2. The lowest BCUT2D eigenvalue weighted by molar-refractivity contribution is -0.114. The molecule has 0 radical (unpaired) electrons. The molecule has 9 nitrogen and oxygen atoms in total. The molecule has 0 aliphatic carbocycles. The highest BCUT2D eigenvalue weighted by atomic mass is 35.5. The van der Waals surface area contributed by atoms with Crippen LogP contribution in [-0.2, 0) is 11.3 Å². The first-order chi connectivity index (χ1) is 15.2. The molecule has 1 aromatic heterocycles. The minimum absolute atomic E-state index is 0.0421. The van der Waals surface area contributed by atoms with Gasteiger partial charge in [-0.15, -0.1) is 5.10 Å². The number of carbonyl (C=O) groups excluding carboxylic acids is 1. The summed E-state index contributed by atoms with van der Waals surface area (Å²) >= 11 is 6.07. The summed E-state index contributed by atoms with van der Waals surface area (Å²) in [7, 11) is 2.32. The average Bonchev–Trinajstić information content (AvgIpc) is 2.75. The van der Waals surface area contributed by atoms with Crippen LogP contribution in [0.2, 0.25) is 5.02 Å². The summed E-state index contributed by atoms with van der Waals surface area (Å²) in [6.45, 7) is 0.828. The summed E-state index contributed by atoms with van der Waals surface area (Å²) in [6.07, 6.45) is 0. The van der Waals surface area contributed by atoms with Crippen LogP contribution in [0.3, 0.4) is 0 Å². The molecule has 1 N–H and O–H groups in total. The Bertz CT molecular complexity index is 1320. The van der Waals surface area contributed by atoms with E-state index in [2.05, 4.69) is 10.4 Å². The first-order valence-corrected chi connectivity index (χ1v) is 9.42. The third-order valence-electron chi connectivity index (χ3n) is 4.39. The third kappa shape index (κ3) is 4.33. The van der Waals surface area contributed by atoms with E-state index < -0.39 is 47.0 Å². The van der Waals surface area contributed by atoms with E-state index in [-0.39, 0.29) is 22.0 Å². The molecule has 1 heterocycles. The van der Waals surface area contributed by atoms with E-state index in [1.165, 1.54) is 38.3 Å². The van der Waals surface area contributed by atoms with E-state index in [0.29, 0.717) is 0 Å². The molecule has 168 valence electrons. The quantitative estimate of drug-likeness (QED) is 0.598. The molecular formula is C20H17ClF2N4O5. The molecule has 3 rings (SSSR count). The Labute approximate surface area is 184 Å². The van der Waals surface area contributed by atoms with Gasteiger partial charge in [0.2, 0.25) is 11.7 Å². The largest absolute Gasteiger partial charge is 0.493 e. The van der Waals surface area contributed by atoms with E-state index in [4.69, 9.17) is 21.1 Å². The fourth-order valence-electron chi connectivity index (χ4n) is 2.95. The third-order valence-corrected chi connectivity index (χ3v) is 4.72. The SMILES string of the molecule is COc1c(Cn2c(=O)c(OC)nn(-c3ccc(Cl)c(NC(C)=O)c3)c2=O)ccc(F)c1F. The van der Waals surface area contributed by atoms with Crippen molar-refractivity contribution in [3.63, 3.8) is 0 Å². The Kier molecular flexibility index (Phi) is 6.58. The second-order valence-corrected chi connectivity index (χ2v) is 6.90. The van der Waals surface area contributed by atoms with Gasteiger partial charge >= 0.3 is 11.2 Å². The molecule has 12 heteroatoms. The zero-order chi connectivity index (χ0) is 23.6. The predicted molar refractivity (Wildman–Crippen MR) is 112 cm³/mol. The van der Waals surface area contributed by atoms with Gasteiger partial charge in [0.1, 0.15) is 0 Å².